The predicted molar refractivity (Wildman–Crippen MR) is 77.0 cm³/mol. The Balaban J connectivity index is 2.52. The van der Waals surface area contributed by atoms with Crippen molar-refractivity contribution >= 4 is 11.8 Å². The molecule has 2 amide bonds. The standard InChI is InChI=1S/C15H23F3N2O2/c1-10(14(2,3)4)9-12(21)20-7-5-11(6-8-20)19-13(22)15(16,17)18/h9,11H,5-8H2,1-4H3,(H,19,22)/b10-9+. The second-order valence-electron chi connectivity index (χ2n) is 6.65. The minimum atomic E-state index is -4.86. The summed E-state index contributed by atoms with van der Waals surface area (Å²) in [6.45, 7) is 8.58. The minimum Gasteiger partial charge on any atom is -0.345 e. The van der Waals surface area contributed by atoms with E-state index in [1.807, 2.05) is 33.0 Å². The molecule has 1 fully saturated rings. The highest BCUT2D eigenvalue weighted by Gasteiger charge is 2.40. The summed E-state index contributed by atoms with van der Waals surface area (Å²) >= 11 is 0. The number of allylic oxidation sites excluding steroid dienone is 1. The van der Waals surface area contributed by atoms with E-state index in [0.717, 1.165) is 5.57 Å². The van der Waals surface area contributed by atoms with Crippen molar-refractivity contribution in [2.45, 2.75) is 52.8 Å². The van der Waals surface area contributed by atoms with Crippen LogP contribution in [0.25, 0.3) is 0 Å². The van der Waals surface area contributed by atoms with Crippen molar-refractivity contribution in [3.63, 3.8) is 0 Å². The highest BCUT2D eigenvalue weighted by atomic mass is 19.4. The van der Waals surface area contributed by atoms with E-state index in [1.54, 1.807) is 11.0 Å². The molecular formula is C15H23F3N2O2. The van der Waals surface area contributed by atoms with Crippen LogP contribution in [0, 0.1) is 5.41 Å². The maximum atomic E-state index is 12.2. The van der Waals surface area contributed by atoms with E-state index in [1.165, 1.54) is 0 Å². The Labute approximate surface area is 128 Å². The van der Waals surface area contributed by atoms with Crippen LogP contribution < -0.4 is 5.32 Å². The molecule has 0 aromatic carbocycles. The van der Waals surface area contributed by atoms with Gasteiger partial charge in [-0.3, -0.25) is 9.59 Å². The van der Waals surface area contributed by atoms with Crippen LogP contribution in [0.15, 0.2) is 11.6 Å². The van der Waals surface area contributed by atoms with Crippen LogP contribution in [0.1, 0.15) is 40.5 Å². The molecule has 1 aliphatic rings. The fraction of sp³-hybridized carbons (Fsp3) is 0.733. The van der Waals surface area contributed by atoms with Crippen LogP contribution in [-0.2, 0) is 9.59 Å². The first-order valence-electron chi connectivity index (χ1n) is 7.26. The third-order valence-corrected chi connectivity index (χ3v) is 3.92. The number of amides is 2. The average Bonchev–Trinajstić information content (AvgIpc) is 2.37. The molecule has 22 heavy (non-hydrogen) atoms. The van der Waals surface area contributed by atoms with Crippen molar-refractivity contribution in [2.24, 2.45) is 5.41 Å². The number of halogens is 3. The van der Waals surface area contributed by atoms with Gasteiger partial charge in [0.25, 0.3) is 0 Å². The fourth-order valence-electron chi connectivity index (χ4n) is 2.00. The van der Waals surface area contributed by atoms with Gasteiger partial charge in [-0.2, -0.15) is 13.2 Å². The summed E-state index contributed by atoms with van der Waals surface area (Å²) < 4.78 is 36.5. The number of rotatable bonds is 2. The summed E-state index contributed by atoms with van der Waals surface area (Å²) in [5.74, 6) is -2.05. The van der Waals surface area contributed by atoms with Crippen molar-refractivity contribution in [1.29, 1.82) is 0 Å². The van der Waals surface area contributed by atoms with Gasteiger partial charge in [0.05, 0.1) is 0 Å². The predicted octanol–water partition coefficient (Wildman–Crippen LogP) is 2.65. The van der Waals surface area contributed by atoms with Crippen molar-refractivity contribution in [3.05, 3.63) is 11.6 Å². The first-order valence-corrected chi connectivity index (χ1v) is 7.26. The van der Waals surface area contributed by atoms with Crippen molar-refractivity contribution in [1.82, 2.24) is 10.2 Å². The lowest BCUT2D eigenvalue weighted by molar-refractivity contribution is -0.174. The van der Waals surface area contributed by atoms with E-state index in [4.69, 9.17) is 0 Å². The Bertz CT molecular complexity index is 456. The van der Waals surface area contributed by atoms with E-state index < -0.39 is 18.1 Å². The normalized spacial score (nSPS) is 18.3. The number of alkyl halides is 3. The molecular weight excluding hydrogens is 297 g/mol. The zero-order chi connectivity index (χ0) is 17.1. The van der Waals surface area contributed by atoms with Crippen LogP contribution in [0.4, 0.5) is 13.2 Å². The Morgan fingerprint density at radius 2 is 1.64 bits per heavy atom. The Morgan fingerprint density at radius 3 is 2.05 bits per heavy atom. The quantitative estimate of drug-likeness (QED) is 0.795. The number of nitrogens with zero attached hydrogens (tertiary/aromatic N) is 1. The van der Waals surface area contributed by atoms with E-state index in [-0.39, 0.29) is 11.3 Å². The lowest BCUT2D eigenvalue weighted by Crippen LogP contribution is -2.49. The third-order valence-electron chi connectivity index (χ3n) is 3.92. The number of carbonyl (C=O) groups excluding carboxylic acids is 2. The molecule has 1 N–H and O–H groups in total. The second kappa shape index (κ2) is 6.71. The van der Waals surface area contributed by atoms with Gasteiger partial charge >= 0.3 is 12.1 Å². The number of piperidine rings is 1. The van der Waals surface area contributed by atoms with Crippen LogP contribution in [0.3, 0.4) is 0 Å². The van der Waals surface area contributed by atoms with Crippen LogP contribution in [0.2, 0.25) is 0 Å². The number of hydrogen-bond acceptors (Lipinski definition) is 2. The fourth-order valence-corrected chi connectivity index (χ4v) is 2.00. The van der Waals surface area contributed by atoms with Crippen LogP contribution in [0.5, 0.6) is 0 Å². The summed E-state index contributed by atoms with van der Waals surface area (Å²) in [4.78, 5) is 24.6. The van der Waals surface area contributed by atoms with E-state index >= 15 is 0 Å². The Morgan fingerprint density at radius 1 is 1.14 bits per heavy atom. The topological polar surface area (TPSA) is 49.4 Å². The maximum absolute atomic E-state index is 12.2. The third kappa shape index (κ3) is 5.35. The first kappa shape index (κ1) is 18.5. The lowest BCUT2D eigenvalue weighted by atomic mass is 9.87. The Hall–Kier alpha value is -1.53. The number of carbonyl (C=O) groups is 2. The summed E-state index contributed by atoms with van der Waals surface area (Å²) in [5.41, 5.74) is 0.847. The van der Waals surface area contributed by atoms with Gasteiger partial charge in [-0.1, -0.05) is 26.3 Å². The highest BCUT2D eigenvalue weighted by molar-refractivity contribution is 5.88. The number of hydrogen-bond donors (Lipinski definition) is 1. The second-order valence-corrected chi connectivity index (χ2v) is 6.65. The molecule has 1 heterocycles. The van der Waals surface area contributed by atoms with Crippen molar-refractivity contribution < 1.29 is 22.8 Å². The van der Waals surface area contributed by atoms with Gasteiger partial charge < -0.3 is 10.2 Å². The number of nitrogens with one attached hydrogen (secondary N) is 1. The van der Waals surface area contributed by atoms with Crippen LogP contribution >= 0.6 is 0 Å². The van der Waals surface area contributed by atoms with Crippen LogP contribution in [-0.4, -0.2) is 42.0 Å². The van der Waals surface area contributed by atoms with Gasteiger partial charge in [0.2, 0.25) is 5.91 Å². The molecule has 7 heteroatoms. The molecule has 0 atom stereocenters. The molecule has 0 spiro atoms. The monoisotopic (exact) mass is 320 g/mol. The molecule has 0 aromatic heterocycles. The van der Waals surface area contributed by atoms with Gasteiger partial charge in [0.15, 0.2) is 0 Å². The summed E-state index contributed by atoms with van der Waals surface area (Å²) in [7, 11) is 0. The van der Waals surface area contributed by atoms with Gasteiger partial charge in [-0.25, -0.2) is 0 Å². The summed E-state index contributed by atoms with van der Waals surface area (Å²) in [6.07, 6.45) is -2.62. The molecule has 1 saturated heterocycles. The van der Waals surface area contributed by atoms with E-state index in [2.05, 4.69) is 0 Å². The zero-order valence-electron chi connectivity index (χ0n) is 13.4. The largest absolute Gasteiger partial charge is 0.471 e. The van der Waals surface area contributed by atoms with E-state index in [9.17, 15) is 22.8 Å². The highest BCUT2D eigenvalue weighted by Crippen LogP contribution is 2.25. The first-order chi connectivity index (χ1) is 9.91. The van der Waals surface area contributed by atoms with Gasteiger partial charge in [-0.05, 0) is 25.2 Å². The summed E-state index contributed by atoms with van der Waals surface area (Å²) in [5, 5.41) is 1.97. The number of likely N-dealkylation sites (tertiary alicyclic amines) is 1. The smallest absolute Gasteiger partial charge is 0.345 e. The molecule has 0 bridgehead atoms. The molecule has 0 saturated carbocycles. The van der Waals surface area contributed by atoms with Crippen molar-refractivity contribution in [3.8, 4) is 0 Å². The van der Waals surface area contributed by atoms with E-state index in [0.29, 0.717) is 25.9 Å². The van der Waals surface area contributed by atoms with Gasteiger partial charge in [0.1, 0.15) is 0 Å². The average molecular weight is 320 g/mol. The zero-order valence-corrected chi connectivity index (χ0v) is 13.4. The molecule has 126 valence electrons. The lowest BCUT2D eigenvalue weighted by Gasteiger charge is -2.32. The molecule has 0 unspecified atom stereocenters. The molecule has 1 aliphatic heterocycles. The van der Waals surface area contributed by atoms with Crippen molar-refractivity contribution in [2.75, 3.05) is 13.1 Å². The minimum absolute atomic E-state index is 0.103. The molecule has 0 radical (unpaired) electrons. The molecule has 0 aliphatic carbocycles. The van der Waals surface area contributed by atoms with Gasteiger partial charge in [-0.15, -0.1) is 0 Å². The molecule has 0 aromatic rings. The molecule has 1 rings (SSSR count). The summed E-state index contributed by atoms with van der Waals surface area (Å²) in [6, 6.07) is -0.536. The SMILES string of the molecule is C/C(=C\C(=O)N1CCC(NC(=O)C(F)(F)F)CC1)C(C)(C)C. The maximum Gasteiger partial charge on any atom is 0.471 e. The Kier molecular flexibility index (Phi) is 5.65. The van der Waals surface area contributed by atoms with Gasteiger partial charge in [0, 0.05) is 25.2 Å². The molecule has 4 nitrogen and oxygen atoms in total.